The predicted molar refractivity (Wildman–Crippen MR) is 77.5 cm³/mol. The molecule has 0 atom stereocenters. The van der Waals surface area contributed by atoms with Crippen LogP contribution in [-0.4, -0.2) is 18.8 Å². The van der Waals surface area contributed by atoms with Crippen LogP contribution in [0.1, 0.15) is 5.56 Å². The van der Waals surface area contributed by atoms with Gasteiger partial charge in [0.25, 0.3) is 0 Å². The molecule has 0 amide bonds. The van der Waals surface area contributed by atoms with Gasteiger partial charge in [0.1, 0.15) is 5.75 Å². The lowest BCUT2D eigenvalue weighted by atomic mass is 10.1. The van der Waals surface area contributed by atoms with Gasteiger partial charge in [-0.3, -0.25) is 10.1 Å². The summed E-state index contributed by atoms with van der Waals surface area (Å²) in [7, 11) is 1.49. The average Bonchev–Trinajstić information content (AvgIpc) is 2.44. The number of hydrogen-bond acceptors (Lipinski definition) is 4. The van der Waals surface area contributed by atoms with Crippen LogP contribution in [0, 0.1) is 10.1 Å². The van der Waals surface area contributed by atoms with E-state index in [1.54, 1.807) is 6.07 Å². The number of rotatable bonds is 5. The van der Waals surface area contributed by atoms with Crippen molar-refractivity contribution in [1.82, 2.24) is 0 Å². The van der Waals surface area contributed by atoms with Gasteiger partial charge in [0, 0.05) is 24.1 Å². The molecule has 0 fully saturated rings. The Kier molecular flexibility index (Phi) is 4.55. The van der Waals surface area contributed by atoms with E-state index in [1.807, 2.05) is 24.3 Å². The molecule has 104 valence electrons. The Morgan fingerprint density at radius 3 is 2.85 bits per heavy atom. The van der Waals surface area contributed by atoms with Crippen LogP contribution in [-0.2, 0) is 4.74 Å². The zero-order valence-corrected chi connectivity index (χ0v) is 11.5. The Labute approximate surface area is 120 Å². The Hall–Kier alpha value is -2.11. The van der Waals surface area contributed by atoms with Gasteiger partial charge in [-0.15, -0.1) is 0 Å². The van der Waals surface area contributed by atoms with E-state index >= 15 is 0 Å². The Morgan fingerprint density at radius 1 is 1.40 bits per heavy atom. The molecule has 0 saturated carbocycles. The summed E-state index contributed by atoms with van der Waals surface area (Å²) in [6.07, 6.45) is 2.20. The third kappa shape index (κ3) is 3.07. The molecule has 0 aliphatic rings. The Morgan fingerprint density at radius 2 is 2.15 bits per heavy atom. The molecule has 0 unspecified atom stereocenters. The van der Waals surface area contributed by atoms with Gasteiger partial charge in [0.05, 0.1) is 9.95 Å². The lowest BCUT2D eigenvalue weighted by molar-refractivity contribution is -0.400. The first-order valence-electron chi connectivity index (χ1n) is 5.78. The predicted octanol–water partition coefficient (Wildman–Crippen LogP) is 3.72. The highest BCUT2D eigenvalue weighted by atomic mass is 35.5. The molecule has 0 bridgehead atoms. The Bertz CT molecular complexity index is 670. The average molecular weight is 294 g/mol. The largest absolute Gasteiger partial charge is 0.465 e. The van der Waals surface area contributed by atoms with E-state index in [-0.39, 0.29) is 6.79 Å². The number of nitrogens with zero attached hydrogens (tertiary/aromatic N) is 1. The van der Waals surface area contributed by atoms with Crippen molar-refractivity contribution in [3.63, 3.8) is 0 Å². The van der Waals surface area contributed by atoms with Crippen molar-refractivity contribution >= 4 is 28.4 Å². The number of methoxy groups -OCH3 is 1. The molecule has 0 N–H and O–H groups in total. The van der Waals surface area contributed by atoms with Crippen LogP contribution in [0.5, 0.6) is 5.75 Å². The molecule has 5 nitrogen and oxygen atoms in total. The number of hydrogen-bond donors (Lipinski definition) is 0. The molecule has 0 radical (unpaired) electrons. The van der Waals surface area contributed by atoms with Crippen molar-refractivity contribution in [2.45, 2.75) is 0 Å². The van der Waals surface area contributed by atoms with Gasteiger partial charge in [-0.25, -0.2) is 0 Å². The van der Waals surface area contributed by atoms with E-state index in [2.05, 4.69) is 0 Å². The Balaban J connectivity index is 2.59. The summed E-state index contributed by atoms with van der Waals surface area (Å²) in [5, 5.41) is 12.6. The summed E-state index contributed by atoms with van der Waals surface area (Å²) in [6, 6.07) is 9.26. The van der Waals surface area contributed by atoms with Crippen molar-refractivity contribution in [3.05, 3.63) is 57.2 Å². The first-order chi connectivity index (χ1) is 9.63. The smallest absolute Gasteiger partial charge is 0.235 e. The highest BCUT2D eigenvalue weighted by molar-refractivity contribution is 6.37. The van der Waals surface area contributed by atoms with Crippen molar-refractivity contribution in [1.29, 1.82) is 0 Å². The fraction of sp³-hybridized carbons (Fsp3) is 0.143. The molecule has 0 heterocycles. The van der Waals surface area contributed by atoms with E-state index in [4.69, 9.17) is 21.1 Å². The van der Waals surface area contributed by atoms with Crippen molar-refractivity contribution in [3.8, 4) is 5.75 Å². The molecular weight excluding hydrogens is 282 g/mol. The van der Waals surface area contributed by atoms with E-state index in [0.717, 1.165) is 17.0 Å². The summed E-state index contributed by atoms with van der Waals surface area (Å²) in [6.45, 7) is 0.0113. The second kappa shape index (κ2) is 6.36. The molecule has 2 rings (SSSR count). The highest BCUT2D eigenvalue weighted by Crippen LogP contribution is 2.37. The van der Waals surface area contributed by atoms with Crippen LogP contribution >= 0.6 is 11.6 Å². The minimum Gasteiger partial charge on any atom is -0.465 e. The molecule has 20 heavy (non-hydrogen) atoms. The van der Waals surface area contributed by atoms with Crippen LogP contribution in [0.25, 0.3) is 16.8 Å². The van der Waals surface area contributed by atoms with Crippen molar-refractivity contribution < 1.29 is 14.4 Å². The molecule has 0 spiro atoms. The topological polar surface area (TPSA) is 61.6 Å². The lowest BCUT2D eigenvalue weighted by Crippen LogP contribution is -2.01. The summed E-state index contributed by atoms with van der Waals surface area (Å²) in [4.78, 5) is 9.93. The third-order valence-corrected chi connectivity index (χ3v) is 3.04. The lowest BCUT2D eigenvalue weighted by Gasteiger charge is -2.12. The standard InChI is InChI=1S/C14H12ClNO4/c1-19-9-20-14-11(6-7-16(17)18)8-10-4-2-3-5-12(10)13(14)15/h2-8H,9H2,1H3/b7-6+. The van der Waals surface area contributed by atoms with Gasteiger partial charge >= 0.3 is 0 Å². The van der Waals surface area contributed by atoms with Gasteiger partial charge in [-0.1, -0.05) is 35.9 Å². The molecule has 0 saturated heterocycles. The SMILES string of the molecule is COCOc1c(/C=C/[N+](=O)[O-])cc2ccccc2c1Cl. The third-order valence-electron chi connectivity index (χ3n) is 2.67. The zero-order valence-electron chi connectivity index (χ0n) is 10.7. The van der Waals surface area contributed by atoms with Crippen LogP contribution in [0.3, 0.4) is 0 Å². The minimum atomic E-state index is -0.538. The summed E-state index contributed by atoms with van der Waals surface area (Å²) < 4.78 is 10.3. The number of benzene rings is 2. The van der Waals surface area contributed by atoms with Gasteiger partial charge in [0.2, 0.25) is 6.20 Å². The number of ether oxygens (including phenoxy) is 2. The molecule has 2 aromatic rings. The van der Waals surface area contributed by atoms with Crippen LogP contribution in [0.4, 0.5) is 0 Å². The zero-order chi connectivity index (χ0) is 14.5. The van der Waals surface area contributed by atoms with E-state index in [0.29, 0.717) is 16.3 Å². The maximum Gasteiger partial charge on any atom is 0.235 e. The minimum absolute atomic E-state index is 0.0113. The maximum atomic E-state index is 10.5. The quantitative estimate of drug-likeness (QED) is 0.479. The van der Waals surface area contributed by atoms with Crippen molar-refractivity contribution in [2.24, 2.45) is 0 Å². The second-order valence-electron chi connectivity index (χ2n) is 3.98. The fourth-order valence-electron chi connectivity index (χ4n) is 1.83. The fourth-order valence-corrected chi connectivity index (χ4v) is 2.17. The van der Waals surface area contributed by atoms with E-state index in [1.165, 1.54) is 13.2 Å². The van der Waals surface area contributed by atoms with Gasteiger partial charge in [0.15, 0.2) is 6.79 Å². The van der Waals surface area contributed by atoms with Crippen LogP contribution in [0.2, 0.25) is 5.02 Å². The molecule has 0 aliphatic heterocycles. The summed E-state index contributed by atoms with van der Waals surface area (Å²) in [5.41, 5.74) is 0.530. The van der Waals surface area contributed by atoms with Gasteiger partial charge in [-0.2, -0.15) is 0 Å². The molecule has 2 aromatic carbocycles. The first kappa shape index (κ1) is 14.3. The summed E-state index contributed by atoms with van der Waals surface area (Å²) >= 11 is 6.31. The summed E-state index contributed by atoms with van der Waals surface area (Å²) in [5.74, 6) is 0.366. The molecule has 0 aromatic heterocycles. The first-order valence-corrected chi connectivity index (χ1v) is 6.16. The van der Waals surface area contributed by atoms with E-state index in [9.17, 15) is 10.1 Å². The van der Waals surface area contributed by atoms with E-state index < -0.39 is 4.92 Å². The molecular formula is C14H12ClNO4. The van der Waals surface area contributed by atoms with Gasteiger partial charge in [-0.05, 0) is 11.5 Å². The maximum absolute atomic E-state index is 10.5. The van der Waals surface area contributed by atoms with Crippen LogP contribution < -0.4 is 4.74 Å². The second-order valence-corrected chi connectivity index (χ2v) is 4.36. The van der Waals surface area contributed by atoms with Crippen molar-refractivity contribution in [2.75, 3.05) is 13.9 Å². The molecule has 0 aliphatic carbocycles. The highest BCUT2D eigenvalue weighted by Gasteiger charge is 2.12. The number of nitro groups is 1. The number of halogens is 1. The van der Waals surface area contributed by atoms with Gasteiger partial charge < -0.3 is 9.47 Å². The normalized spacial score (nSPS) is 11.1. The molecule has 6 heteroatoms. The monoisotopic (exact) mass is 293 g/mol. The number of fused-ring (bicyclic) bond motifs is 1. The van der Waals surface area contributed by atoms with Crippen LogP contribution in [0.15, 0.2) is 36.5 Å².